The van der Waals surface area contributed by atoms with Crippen molar-refractivity contribution in [2.75, 3.05) is 0 Å². The van der Waals surface area contributed by atoms with Gasteiger partial charge in [0.15, 0.2) is 0 Å². The van der Waals surface area contributed by atoms with E-state index in [1.165, 1.54) is 12.1 Å². The molecule has 0 bridgehead atoms. The summed E-state index contributed by atoms with van der Waals surface area (Å²) >= 11 is 0. The molecule has 0 fully saturated rings. The van der Waals surface area contributed by atoms with Crippen LogP contribution in [0.3, 0.4) is 0 Å². The molecule has 3 aromatic rings. The first-order valence-corrected chi connectivity index (χ1v) is 8.68. The molecule has 1 unspecified atom stereocenters. The molecule has 26 heavy (non-hydrogen) atoms. The van der Waals surface area contributed by atoms with Crippen molar-refractivity contribution in [2.45, 2.75) is 32.7 Å². The highest BCUT2D eigenvalue weighted by Gasteiger charge is 2.16. The van der Waals surface area contributed by atoms with Gasteiger partial charge in [0.2, 0.25) is 5.91 Å². The lowest BCUT2D eigenvalue weighted by molar-refractivity contribution is -0.121. The highest BCUT2D eigenvalue weighted by molar-refractivity contribution is 5.76. The number of carbonyl (C=O) groups excluding carboxylic acids is 1. The molecular formula is C21H22FN3O. The number of carbonyl (C=O) groups is 1. The van der Waals surface area contributed by atoms with Gasteiger partial charge in [-0.3, -0.25) is 4.79 Å². The molecule has 0 spiro atoms. The molecule has 0 saturated heterocycles. The van der Waals surface area contributed by atoms with Crippen LogP contribution >= 0.6 is 0 Å². The van der Waals surface area contributed by atoms with Crippen LogP contribution in [0.1, 0.15) is 36.2 Å². The average molecular weight is 351 g/mol. The summed E-state index contributed by atoms with van der Waals surface area (Å²) in [5.74, 6) is -0.270. The quantitative estimate of drug-likeness (QED) is 0.726. The number of aromatic nitrogens is 2. The van der Waals surface area contributed by atoms with Gasteiger partial charge in [0.25, 0.3) is 0 Å². The van der Waals surface area contributed by atoms with E-state index < -0.39 is 0 Å². The van der Waals surface area contributed by atoms with Crippen LogP contribution in [-0.2, 0) is 11.2 Å². The predicted octanol–water partition coefficient (Wildman–Crippen LogP) is 4.13. The number of hydrogen-bond donors (Lipinski definition) is 1. The third-order valence-electron chi connectivity index (χ3n) is 4.45. The predicted molar refractivity (Wildman–Crippen MR) is 99.6 cm³/mol. The highest BCUT2D eigenvalue weighted by atomic mass is 19.1. The summed E-state index contributed by atoms with van der Waals surface area (Å²) in [4.78, 5) is 12.2. The number of amides is 1. The summed E-state index contributed by atoms with van der Waals surface area (Å²) < 4.78 is 14.8. The number of hydrogen-bond acceptors (Lipinski definition) is 2. The lowest BCUT2D eigenvalue weighted by Gasteiger charge is -2.14. The Morgan fingerprint density at radius 3 is 2.54 bits per heavy atom. The molecule has 0 aliphatic heterocycles. The molecule has 1 aromatic heterocycles. The highest BCUT2D eigenvalue weighted by Crippen LogP contribution is 2.20. The molecule has 1 N–H and O–H groups in total. The first kappa shape index (κ1) is 17.9. The van der Waals surface area contributed by atoms with Crippen LogP contribution in [0.4, 0.5) is 4.39 Å². The fourth-order valence-electron chi connectivity index (χ4n) is 2.98. The minimum Gasteiger partial charge on any atom is -0.349 e. The molecule has 5 heteroatoms. The van der Waals surface area contributed by atoms with E-state index >= 15 is 0 Å². The number of benzene rings is 2. The Labute approximate surface area is 152 Å². The van der Waals surface area contributed by atoms with Crippen LogP contribution in [0.2, 0.25) is 0 Å². The maximum Gasteiger partial charge on any atom is 0.220 e. The zero-order valence-electron chi connectivity index (χ0n) is 14.9. The van der Waals surface area contributed by atoms with Crippen molar-refractivity contribution >= 4 is 5.91 Å². The third kappa shape index (κ3) is 4.17. The van der Waals surface area contributed by atoms with Crippen molar-refractivity contribution in [3.05, 3.63) is 83.4 Å². The zero-order chi connectivity index (χ0) is 18.5. The van der Waals surface area contributed by atoms with Gasteiger partial charge >= 0.3 is 0 Å². The first-order chi connectivity index (χ1) is 12.5. The van der Waals surface area contributed by atoms with Crippen molar-refractivity contribution < 1.29 is 9.18 Å². The summed E-state index contributed by atoms with van der Waals surface area (Å²) in [5.41, 5.74) is 3.81. The van der Waals surface area contributed by atoms with Gasteiger partial charge in [-0.1, -0.05) is 30.3 Å². The fourth-order valence-corrected chi connectivity index (χ4v) is 2.98. The maximum absolute atomic E-state index is 13.1. The lowest BCUT2D eigenvalue weighted by atomic mass is 10.1. The van der Waals surface area contributed by atoms with Gasteiger partial charge in [-0.15, -0.1) is 0 Å². The smallest absolute Gasteiger partial charge is 0.220 e. The number of halogens is 1. The molecule has 4 nitrogen and oxygen atoms in total. The second-order valence-corrected chi connectivity index (χ2v) is 6.35. The second kappa shape index (κ2) is 7.95. The number of rotatable bonds is 6. The SMILES string of the molecule is Cc1c(C(C)NC(=O)CCc2ccccc2)cnn1-c1ccc(F)cc1. The van der Waals surface area contributed by atoms with Gasteiger partial charge in [0, 0.05) is 17.7 Å². The van der Waals surface area contributed by atoms with Gasteiger partial charge in [0.1, 0.15) is 5.82 Å². The molecule has 0 aliphatic rings. The Morgan fingerprint density at radius 1 is 1.15 bits per heavy atom. The van der Waals surface area contributed by atoms with Gasteiger partial charge < -0.3 is 5.32 Å². The molecule has 1 amide bonds. The van der Waals surface area contributed by atoms with Gasteiger partial charge in [-0.25, -0.2) is 9.07 Å². The Morgan fingerprint density at radius 2 is 1.85 bits per heavy atom. The Bertz CT molecular complexity index is 872. The van der Waals surface area contributed by atoms with E-state index in [1.807, 2.05) is 44.2 Å². The standard InChI is InChI=1S/C21H22FN3O/c1-15(24-21(26)13-8-17-6-4-3-5-7-17)20-14-23-25(16(20)2)19-11-9-18(22)10-12-19/h3-7,9-12,14-15H,8,13H2,1-2H3,(H,24,26). The molecule has 2 aromatic carbocycles. The Hall–Kier alpha value is -2.95. The molecule has 0 saturated carbocycles. The van der Waals surface area contributed by atoms with Crippen molar-refractivity contribution in [1.29, 1.82) is 0 Å². The summed E-state index contributed by atoms with van der Waals surface area (Å²) in [7, 11) is 0. The Balaban J connectivity index is 1.63. The van der Waals surface area contributed by atoms with E-state index in [0.29, 0.717) is 12.8 Å². The maximum atomic E-state index is 13.1. The van der Waals surface area contributed by atoms with Crippen LogP contribution in [-0.4, -0.2) is 15.7 Å². The second-order valence-electron chi connectivity index (χ2n) is 6.35. The van der Waals surface area contributed by atoms with E-state index in [2.05, 4.69) is 10.4 Å². The molecule has 1 heterocycles. The largest absolute Gasteiger partial charge is 0.349 e. The van der Waals surface area contributed by atoms with Crippen LogP contribution in [0.25, 0.3) is 5.69 Å². The third-order valence-corrected chi connectivity index (χ3v) is 4.45. The van der Waals surface area contributed by atoms with E-state index in [-0.39, 0.29) is 17.8 Å². The molecular weight excluding hydrogens is 329 g/mol. The van der Waals surface area contributed by atoms with Crippen LogP contribution in [0.5, 0.6) is 0 Å². The zero-order valence-corrected chi connectivity index (χ0v) is 14.9. The molecule has 134 valence electrons. The van der Waals surface area contributed by atoms with Gasteiger partial charge in [0.05, 0.1) is 17.9 Å². The van der Waals surface area contributed by atoms with Crippen LogP contribution in [0.15, 0.2) is 60.8 Å². The van der Waals surface area contributed by atoms with Gasteiger partial charge in [-0.05, 0) is 50.1 Å². The Kier molecular flexibility index (Phi) is 5.46. The minimum atomic E-state index is -0.280. The monoisotopic (exact) mass is 351 g/mol. The first-order valence-electron chi connectivity index (χ1n) is 8.68. The van der Waals surface area contributed by atoms with E-state index in [1.54, 1.807) is 23.0 Å². The van der Waals surface area contributed by atoms with Crippen molar-refractivity contribution in [2.24, 2.45) is 0 Å². The summed E-state index contributed by atoms with van der Waals surface area (Å²) in [6.45, 7) is 3.89. The van der Waals surface area contributed by atoms with E-state index in [0.717, 1.165) is 22.5 Å². The fraction of sp³-hybridized carbons (Fsp3) is 0.238. The summed E-state index contributed by atoms with van der Waals surface area (Å²) in [6.07, 6.45) is 2.91. The van der Waals surface area contributed by atoms with Crippen molar-refractivity contribution in [3.8, 4) is 5.69 Å². The molecule has 0 aliphatic carbocycles. The van der Waals surface area contributed by atoms with Crippen LogP contribution in [0, 0.1) is 12.7 Å². The summed E-state index contributed by atoms with van der Waals surface area (Å²) in [5, 5.41) is 7.41. The van der Waals surface area contributed by atoms with Crippen molar-refractivity contribution in [1.82, 2.24) is 15.1 Å². The van der Waals surface area contributed by atoms with E-state index in [4.69, 9.17) is 0 Å². The van der Waals surface area contributed by atoms with Crippen LogP contribution < -0.4 is 5.32 Å². The molecule has 0 radical (unpaired) electrons. The number of nitrogens with one attached hydrogen (secondary N) is 1. The van der Waals surface area contributed by atoms with Gasteiger partial charge in [-0.2, -0.15) is 5.10 Å². The molecule has 1 atom stereocenters. The summed E-state index contributed by atoms with van der Waals surface area (Å²) in [6, 6.07) is 16.0. The topological polar surface area (TPSA) is 46.9 Å². The average Bonchev–Trinajstić information content (AvgIpc) is 3.03. The normalized spacial score (nSPS) is 12.0. The lowest BCUT2D eigenvalue weighted by Crippen LogP contribution is -2.27. The molecule has 3 rings (SSSR count). The van der Waals surface area contributed by atoms with E-state index in [9.17, 15) is 9.18 Å². The van der Waals surface area contributed by atoms with Crippen molar-refractivity contribution in [3.63, 3.8) is 0 Å². The number of nitrogens with zero attached hydrogens (tertiary/aromatic N) is 2. The number of aryl methyl sites for hydroxylation is 1. The minimum absolute atomic E-state index is 0.00952.